The van der Waals surface area contributed by atoms with Gasteiger partial charge in [-0.15, -0.1) is 0 Å². The van der Waals surface area contributed by atoms with E-state index >= 15 is 0 Å². The lowest BCUT2D eigenvalue weighted by atomic mass is 10.1. The fraction of sp³-hybridized carbons (Fsp3) is 0.304. The Kier molecular flexibility index (Phi) is 5.35. The molecule has 30 heavy (non-hydrogen) atoms. The third-order valence-electron chi connectivity index (χ3n) is 5.52. The Morgan fingerprint density at radius 1 is 1.10 bits per heavy atom. The minimum absolute atomic E-state index is 0.0910. The molecule has 0 fully saturated rings. The van der Waals surface area contributed by atoms with E-state index in [2.05, 4.69) is 11.4 Å². The number of nitrogens with zero attached hydrogens (tertiary/aromatic N) is 1. The van der Waals surface area contributed by atoms with Crippen LogP contribution in [0.3, 0.4) is 0 Å². The Morgan fingerprint density at radius 3 is 2.50 bits per heavy atom. The summed E-state index contributed by atoms with van der Waals surface area (Å²) >= 11 is 0. The first kappa shape index (κ1) is 19.8. The van der Waals surface area contributed by atoms with Crippen LogP contribution >= 0.6 is 0 Å². The van der Waals surface area contributed by atoms with Gasteiger partial charge in [0.05, 0.1) is 31.8 Å². The minimum atomic E-state index is -0.561. The van der Waals surface area contributed by atoms with Crippen molar-refractivity contribution < 1.29 is 19.0 Å². The molecular weight excluding hydrogens is 384 g/mol. The van der Waals surface area contributed by atoms with Crippen LogP contribution in [-0.4, -0.2) is 24.9 Å². The molecule has 0 saturated carbocycles. The number of ether oxygens (including phenoxy) is 3. The Labute approximate surface area is 174 Å². The first-order valence-electron chi connectivity index (χ1n) is 9.91. The number of amides is 1. The van der Waals surface area contributed by atoms with Gasteiger partial charge in [-0.05, 0) is 43.0 Å². The van der Waals surface area contributed by atoms with Gasteiger partial charge in [0.1, 0.15) is 0 Å². The molecule has 7 heteroatoms. The number of nitrogens with one attached hydrogen (secondary N) is 1. The summed E-state index contributed by atoms with van der Waals surface area (Å²) in [6, 6.07) is 11.2. The Morgan fingerprint density at radius 2 is 1.80 bits per heavy atom. The van der Waals surface area contributed by atoms with Crippen LogP contribution in [0.25, 0.3) is 10.8 Å². The van der Waals surface area contributed by atoms with Gasteiger partial charge in [-0.1, -0.05) is 24.3 Å². The molecule has 0 spiro atoms. The Hall–Kier alpha value is -3.48. The zero-order chi connectivity index (χ0) is 21.3. The second-order valence-electron chi connectivity index (χ2n) is 7.16. The molecular formula is C23H24N2O5. The Balaban J connectivity index is 1.69. The summed E-state index contributed by atoms with van der Waals surface area (Å²) in [5, 5.41) is 3.83. The van der Waals surface area contributed by atoms with Crippen LogP contribution in [-0.2, 0) is 13.0 Å². The highest BCUT2D eigenvalue weighted by atomic mass is 16.6. The third kappa shape index (κ3) is 3.47. The number of benzene rings is 2. The molecule has 3 aromatic rings. The maximum absolute atomic E-state index is 12.8. The fourth-order valence-electron chi connectivity index (χ4n) is 3.98. The van der Waals surface area contributed by atoms with E-state index in [0.717, 1.165) is 18.4 Å². The number of carbonyl (C=O) groups is 1. The van der Waals surface area contributed by atoms with Crippen molar-refractivity contribution >= 4 is 16.9 Å². The maximum Gasteiger partial charge on any atom is 0.413 e. The number of hydrogen-bond donors (Lipinski definition) is 1. The SMILES string of the molecule is CCn1cc(OC(=O)NC2CCc3ccccc32)c2cc(OC)c(OC)cc2c1=O. The monoisotopic (exact) mass is 408 g/mol. The molecule has 4 rings (SSSR count). The minimum Gasteiger partial charge on any atom is -0.493 e. The van der Waals surface area contributed by atoms with E-state index in [9.17, 15) is 9.59 Å². The Bertz CT molecular complexity index is 1170. The third-order valence-corrected chi connectivity index (χ3v) is 5.52. The highest BCUT2D eigenvalue weighted by Crippen LogP contribution is 2.35. The van der Waals surface area contributed by atoms with Crippen molar-refractivity contribution in [3.63, 3.8) is 0 Å². The van der Waals surface area contributed by atoms with Crippen LogP contribution in [0, 0.1) is 0 Å². The fourth-order valence-corrected chi connectivity index (χ4v) is 3.98. The van der Waals surface area contributed by atoms with Crippen LogP contribution in [0.1, 0.15) is 30.5 Å². The second-order valence-corrected chi connectivity index (χ2v) is 7.16. The maximum atomic E-state index is 12.8. The van der Waals surface area contributed by atoms with Crippen molar-refractivity contribution in [2.24, 2.45) is 0 Å². The predicted molar refractivity (Wildman–Crippen MR) is 114 cm³/mol. The van der Waals surface area contributed by atoms with Crippen molar-refractivity contribution in [1.29, 1.82) is 0 Å². The summed E-state index contributed by atoms with van der Waals surface area (Å²) in [7, 11) is 3.02. The average Bonchev–Trinajstić information content (AvgIpc) is 3.17. The molecule has 1 aromatic heterocycles. The number of aromatic nitrogens is 1. The van der Waals surface area contributed by atoms with E-state index < -0.39 is 6.09 Å². The second kappa shape index (κ2) is 8.10. The number of pyridine rings is 1. The molecule has 1 atom stereocenters. The van der Waals surface area contributed by atoms with Crippen LogP contribution in [0.4, 0.5) is 4.79 Å². The quantitative estimate of drug-likeness (QED) is 0.694. The van der Waals surface area contributed by atoms with E-state index in [4.69, 9.17) is 14.2 Å². The number of fused-ring (bicyclic) bond motifs is 2. The zero-order valence-corrected chi connectivity index (χ0v) is 17.2. The van der Waals surface area contributed by atoms with Gasteiger partial charge in [0.15, 0.2) is 17.2 Å². The van der Waals surface area contributed by atoms with Gasteiger partial charge in [0.25, 0.3) is 5.56 Å². The van der Waals surface area contributed by atoms with Crippen molar-refractivity contribution in [3.8, 4) is 17.2 Å². The first-order chi connectivity index (χ1) is 14.5. The number of carbonyl (C=O) groups excluding carboxylic acids is 1. The summed E-state index contributed by atoms with van der Waals surface area (Å²) < 4.78 is 17.9. The molecule has 1 heterocycles. The van der Waals surface area contributed by atoms with Gasteiger partial charge in [0, 0.05) is 11.9 Å². The van der Waals surface area contributed by atoms with Crippen molar-refractivity contribution in [3.05, 3.63) is 64.1 Å². The highest BCUT2D eigenvalue weighted by molar-refractivity contribution is 5.92. The van der Waals surface area contributed by atoms with E-state index in [0.29, 0.717) is 28.8 Å². The summed E-state index contributed by atoms with van der Waals surface area (Å²) in [5.41, 5.74) is 2.17. The molecule has 0 bridgehead atoms. The molecule has 1 N–H and O–H groups in total. The summed E-state index contributed by atoms with van der Waals surface area (Å²) in [6.45, 7) is 2.30. The topological polar surface area (TPSA) is 78.8 Å². The van der Waals surface area contributed by atoms with E-state index in [1.54, 1.807) is 18.3 Å². The summed E-state index contributed by atoms with van der Waals surface area (Å²) in [5.74, 6) is 1.18. The lowest BCUT2D eigenvalue weighted by Crippen LogP contribution is -2.30. The van der Waals surface area contributed by atoms with Gasteiger partial charge in [-0.3, -0.25) is 4.79 Å². The standard InChI is InChI=1S/C23H24N2O5/c1-4-25-13-21(16-11-19(28-2)20(29-3)12-17(16)22(25)26)30-23(27)24-18-10-9-14-7-5-6-8-15(14)18/h5-8,11-13,18H,4,9-10H2,1-3H3,(H,24,27). The number of rotatable bonds is 5. The molecule has 0 aliphatic heterocycles. The molecule has 1 amide bonds. The van der Waals surface area contributed by atoms with Crippen LogP contribution in [0.2, 0.25) is 0 Å². The van der Waals surface area contributed by atoms with Crippen LogP contribution < -0.4 is 25.1 Å². The molecule has 1 aliphatic rings. The van der Waals surface area contributed by atoms with Gasteiger partial charge < -0.3 is 24.1 Å². The van der Waals surface area contributed by atoms with Crippen LogP contribution in [0.5, 0.6) is 17.2 Å². The van der Waals surface area contributed by atoms with E-state index in [1.165, 1.54) is 24.4 Å². The predicted octanol–water partition coefficient (Wildman–Crippen LogP) is 3.81. The average molecular weight is 408 g/mol. The van der Waals surface area contributed by atoms with Crippen molar-refractivity contribution in [2.75, 3.05) is 14.2 Å². The van der Waals surface area contributed by atoms with Gasteiger partial charge in [-0.2, -0.15) is 0 Å². The molecule has 2 aromatic carbocycles. The molecule has 0 radical (unpaired) electrons. The number of hydrogen-bond acceptors (Lipinski definition) is 5. The normalized spacial score (nSPS) is 15.0. The molecule has 7 nitrogen and oxygen atoms in total. The van der Waals surface area contributed by atoms with E-state index in [-0.39, 0.29) is 17.4 Å². The molecule has 156 valence electrons. The number of aryl methyl sites for hydroxylation is 2. The van der Waals surface area contributed by atoms with Crippen LogP contribution in [0.15, 0.2) is 47.4 Å². The van der Waals surface area contributed by atoms with Gasteiger partial charge >= 0.3 is 6.09 Å². The van der Waals surface area contributed by atoms with Gasteiger partial charge in [0.2, 0.25) is 0 Å². The summed E-state index contributed by atoms with van der Waals surface area (Å²) in [6.07, 6.45) is 2.74. The number of methoxy groups -OCH3 is 2. The lowest BCUT2D eigenvalue weighted by Gasteiger charge is -2.17. The smallest absolute Gasteiger partial charge is 0.413 e. The summed E-state index contributed by atoms with van der Waals surface area (Å²) in [4.78, 5) is 25.5. The lowest BCUT2D eigenvalue weighted by molar-refractivity contribution is 0.196. The molecule has 1 aliphatic carbocycles. The van der Waals surface area contributed by atoms with Crippen molar-refractivity contribution in [1.82, 2.24) is 9.88 Å². The highest BCUT2D eigenvalue weighted by Gasteiger charge is 2.25. The van der Waals surface area contributed by atoms with E-state index in [1.807, 2.05) is 25.1 Å². The molecule has 1 unspecified atom stereocenters. The van der Waals surface area contributed by atoms with Crippen molar-refractivity contribution in [2.45, 2.75) is 32.4 Å². The largest absolute Gasteiger partial charge is 0.493 e. The van der Waals surface area contributed by atoms with Gasteiger partial charge in [-0.25, -0.2) is 4.79 Å². The first-order valence-corrected chi connectivity index (χ1v) is 9.91. The zero-order valence-electron chi connectivity index (χ0n) is 17.2. The molecule has 0 saturated heterocycles.